The second-order valence-corrected chi connectivity index (χ2v) is 8.17. The molecule has 2 aliphatic rings. The fourth-order valence-electron chi connectivity index (χ4n) is 4.47. The van der Waals surface area contributed by atoms with Gasteiger partial charge in [-0.2, -0.15) is 0 Å². The van der Waals surface area contributed by atoms with Crippen LogP contribution in [0.3, 0.4) is 0 Å². The van der Waals surface area contributed by atoms with Crippen molar-refractivity contribution >= 4 is 5.91 Å². The van der Waals surface area contributed by atoms with Crippen molar-refractivity contribution in [1.29, 1.82) is 0 Å². The molecule has 1 amide bonds. The van der Waals surface area contributed by atoms with Gasteiger partial charge < -0.3 is 14.6 Å². The van der Waals surface area contributed by atoms with E-state index in [2.05, 4.69) is 16.9 Å². The lowest BCUT2D eigenvalue weighted by Gasteiger charge is -2.39. The van der Waals surface area contributed by atoms with Gasteiger partial charge in [0.25, 0.3) is 11.5 Å². The maximum absolute atomic E-state index is 12.6. The van der Waals surface area contributed by atoms with Gasteiger partial charge in [0.05, 0.1) is 5.69 Å². The summed E-state index contributed by atoms with van der Waals surface area (Å²) >= 11 is 0. The zero-order valence-corrected chi connectivity index (χ0v) is 16.8. The molecule has 1 spiro atoms. The predicted molar refractivity (Wildman–Crippen MR) is 107 cm³/mol. The summed E-state index contributed by atoms with van der Waals surface area (Å²) in [7, 11) is 0. The average Bonchev–Trinajstić information content (AvgIpc) is 3.01. The third-order valence-electron chi connectivity index (χ3n) is 6.40. The number of hydrogen-bond donors (Lipinski definition) is 1. The Hall–Kier alpha value is -2.63. The van der Waals surface area contributed by atoms with Crippen molar-refractivity contribution in [3.05, 3.63) is 56.8 Å². The van der Waals surface area contributed by atoms with E-state index in [4.69, 9.17) is 4.74 Å². The first-order chi connectivity index (χ1) is 13.4. The molecule has 1 aliphatic heterocycles. The van der Waals surface area contributed by atoms with Gasteiger partial charge in [-0.05, 0) is 69.7 Å². The lowest BCUT2D eigenvalue weighted by molar-refractivity contribution is -0.135. The summed E-state index contributed by atoms with van der Waals surface area (Å²) in [4.78, 5) is 34.2. The fraction of sp³-hybridized carbons (Fsp3) is 0.500. The van der Waals surface area contributed by atoms with Crippen molar-refractivity contribution in [2.24, 2.45) is 0 Å². The Kier molecular flexibility index (Phi) is 4.73. The van der Waals surface area contributed by atoms with Gasteiger partial charge in [0.1, 0.15) is 11.6 Å². The Bertz CT molecular complexity index is 971. The summed E-state index contributed by atoms with van der Waals surface area (Å²) in [6.07, 6.45) is 3.43. The highest BCUT2D eigenvalue weighted by atomic mass is 16.5. The number of nitrogens with zero attached hydrogens (tertiary/aromatic N) is 2. The smallest absolute Gasteiger partial charge is 0.260 e. The molecule has 1 N–H and O–H groups in total. The molecule has 1 aromatic heterocycles. The molecule has 6 nitrogen and oxygen atoms in total. The number of aromatic nitrogens is 2. The Labute approximate surface area is 164 Å². The molecule has 1 fully saturated rings. The third kappa shape index (κ3) is 3.32. The molecule has 1 saturated heterocycles. The van der Waals surface area contributed by atoms with Gasteiger partial charge >= 0.3 is 0 Å². The summed E-state index contributed by atoms with van der Waals surface area (Å²) in [5.41, 5.74) is 4.11. The molecule has 6 heteroatoms. The first-order valence-electron chi connectivity index (χ1n) is 9.96. The fourth-order valence-corrected chi connectivity index (χ4v) is 4.47. The van der Waals surface area contributed by atoms with Crippen molar-refractivity contribution in [2.75, 3.05) is 19.7 Å². The van der Waals surface area contributed by atoms with Gasteiger partial charge in [-0.15, -0.1) is 0 Å². The number of rotatable bonds is 3. The van der Waals surface area contributed by atoms with E-state index < -0.39 is 0 Å². The number of hydrogen-bond acceptors (Lipinski definition) is 4. The van der Waals surface area contributed by atoms with Crippen LogP contribution in [-0.2, 0) is 16.6 Å². The molecule has 1 aliphatic carbocycles. The summed E-state index contributed by atoms with van der Waals surface area (Å²) < 4.78 is 5.71. The second kappa shape index (κ2) is 7.08. The molecular weight excluding hydrogens is 354 g/mol. The predicted octanol–water partition coefficient (Wildman–Crippen LogP) is 2.58. The topological polar surface area (TPSA) is 75.3 Å². The average molecular weight is 381 g/mol. The molecule has 0 bridgehead atoms. The van der Waals surface area contributed by atoms with Crippen LogP contribution in [0.1, 0.15) is 47.5 Å². The second-order valence-electron chi connectivity index (χ2n) is 8.17. The van der Waals surface area contributed by atoms with Crippen LogP contribution in [0.2, 0.25) is 0 Å². The highest BCUT2D eigenvalue weighted by Crippen LogP contribution is 2.44. The van der Waals surface area contributed by atoms with E-state index in [9.17, 15) is 9.59 Å². The number of likely N-dealkylation sites (tertiary alicyclic amines) is 1. The SMILES string of the molecule is Cc1nc2c(c(=O)[nH]1)CCC21CCN(C(=O)COc2ccc(C)c(C)c2)CC1. The van der Waals surface area contributed by atoms with Crippen molar-refractivity contribution < 1.29 is 9.53 Å². The molecule has 0 saturated carbocycles. The van der Waals surface area contributed by atoms with E-state index >= 15 is 0 Å². The highest BCUT2D eigenvalue weighted by molar-refractivity contribution is 5.78. The summed E-state index contributed by atoms with van der Waals surface area (Å²) in [5, 5.41) is 0. The quantitative estimate of drug-likeness (QED) is 0.887. The Morgan fingerprint density at radius 2 is 1.93 bits per heavy atom. The van der Waals surface area contributed by atoms with Crippen LogP contribution in [0.4, 0.5) is 0 Å². The molecule has 0 unspecified atom stereocenters. The normalized spacial score (nSPS) is 17.6. The van der Waals surface area contributed by atoms with Crippen molar-refractivity contribution in [2.45, 2.75) is 51.9 Å². The summed E-state index contributed by atoms with van der Waals surface area (Å²) in [5.74, 6) is 1.42. The maximum Gasteiger partial charge on any atom is 0.260 e. The largest absolute Gasteiger partial charge is 0.484 e. The minimum absolute atomic E-state index is 0.000303. The van der Waals surface area contributed by atoms with E-state index in [1.54, 1.807) is 0 Å². The molecule has 0 radical (unpaired) electrons. The van der Waals surface area contributed by atoms with Crippen LogP contribution in [0.25, 0.3) is 0 Å². The molecule has 4 rings (SSSR count). The first-order valence-corrected chi connectivity index (χ1v) is 9.96. The number of aryl methyl sites for hydroxylation is 3. The van der Waals surface area contributed by atoms with Gasteiger partial charge in [0, 0.05) is 24.1 Å². The highest BCUT2D eigenvalue weighted by Gasteiger charge is 2.44. The lowest BCUT2D eigenvalue weighted by Crippen LogP contribution is -2.46. The molecule has 1 aromatic carbocycles. The Morgan fingerprint density at radius 1 is 1.18 bits per heavy atom. The number of ether oxygens (including phenoxy) is 1. The van der Waals surface area contributed by atoms with Crippen LogP contribution in [0.5, 0.6) is 5.75 Å². The van der Waals surface area contributed by atoms with Crippen molar-refractivity contribution in [3.63, 3.8) is 0 Å². The van der Waals surface area contributed by atoms with Crippen molar-refractivity contribution in [3.8, 4) is 5.75 Å². The molecule has 28 heavy (non-hydrogen) atoms. The lowest BCUT2D eigenvalue weighted by atomic mass is 9.76. The van der Waals surface area contributed by atoms with Crippen LogP contribution >= 0.6 is 0 Å². The third-order valence-corrected chi connectivity index (χ3v) is 6.40. The molecule has 2 heterocycles. The number of H-pyrrole nitrogens is 1. The van der Waals surface area contributed by atoms with E-state index in [0.717, 1.165) is 48.3 Å². The zero-order chi connectivity index (χ0) is 19.9. The molecular formula is C22H27N3O3. The number of amides is 1. The van der Waals surface area contributed by atoms with E-state index in [-0.39, 0.29) is 23.5 Å². The van der Waals surface area contributed by atoms with Gasteiger partial charge in [-0.3, -0.25) is 9.59 Å². The number of carbonyl (C=O) groups is 1. The van der Waals surface area contributed by atoms with Crippen LogP contribution in [-0.4, -0.2) is 40.5 Å². The number of carbonyl (C=O) groups excluding carboxylic acids is 1. The van der Waals surface area contributed by atoms with Gasteiger partial charge in [0.2, 0.25) is 0 Å². The maximum atomic E-state index is 12.6. The van der Waals surface area contributed by atoms with E-state index in [1.807, 2.05) is 36.9 Å². The summed E-state index contributed by atoms with van der Waals surface area (Å²) in [6, 6.07) is 5.88. The number of benzene rings is 1. The van der Waals surface area contributed by atoms with Crippen LogP contribution in [0, 0.1) is 20.8 Å². The Morgan fingerprint density at radius 3 is 2.64 bits per heavy atom. The Balaban J connectivity index is 1.39. The monoisotopic (exact) mass is 381 g/mol. The number of fused-ring (bicyclic) bond motifs is 2. The van der Waals surface area contributed by atoms with Gasteiger partial charge in [-0.1, -0.05) is 6.07 Å². The molecule has 0 atom stereocenters. The number of aromatic amines is 1. The molecule has 148 valence electrons. The van der Waals surface area contributed by atoms with E-state index in [1.165, 1.54) is 5.56 Å². The minimum atomic E-state index is -0.0555. The minimum Gasteiger partial charge on any atom is -0.484 e. The van der Waals surface area contributed by atoms with Crippen molar-refractivity contribution in [1.82, 2.24) is 14.9 Å². The summed E-state index contributed by atoms with van der Waals surface area (Å²) in [6.45, 7) is 7.34. The van der Waals surface area contributed by atoms with E-state index in [0.29, 0.717) is 18.9 Å². The number of piperidine rings is 1. The standard InChI is InChI=1S/C22H27N3O3/c1-14-4-5-17(12-15(14)2)28-13-19(26)25-10-8-22(9-11-25)7-6-18-20(22)23-16(3)24-21(18)27/h4-5,12H,6-11,13H2,1-3H3,(H,23,24,27). The van der Waals surface area contributed by atoms with Crippen LogP contribution in [0.15, 0.2) is 23.0 Å². The first kappa shape index (κ1) is 18.7. The van der Waals surface area contributed by atoms with Gasteiger partial charge in [0.15, 0.2) is 6.61 Å². The van der Waals surface area contributed by atoms with Crippen LogP contribution < -0.4 is 10.3 Å². The van der Waals surface area contributed by atoms with Gasteiger partial charge in [-0.25, -0.2) is 4.98 Å². The number of nitrogens with one attached hydrogen (secondary N) is 1. The molecule has 2 aromatic rings. The zero-order valence-electron chi connectivity index (χ0n) is 16.8.